The molecule has 6 nitrogen and oxygen atoms in total. The second-order valence-corrected chi connectivity index (χ2v) is 6.31. The summed E-state index contributed by atoms with van der Waals surface area (Å²) in [6, 6.07) is 7.16. The molecule has 0 radical (unpaired) electrons. The number of ether oxygens (including phenoxy) is 2. The van der Waals surface area contributed by atoms with Crippen molar-refractivity contribution < 1.29 is 19.1 Å². The average molecular weight is 348 g/mol. The van der Waals surface area contributed by atoms with E-state index in [4.69, 9.17) is 9.47 Å². The molecule has 1 fully saturated rings. The molecule has 2 amide bonds. The highest BCUT2D eigenvalue weighted by Crippen LogP contribution is 2.27. The summed E-state index contributed by atoms with van der Waals surface area (Å²) in [5, 5.41) is 0. The van der Waals surface area contributed by atoms with Gasteiger partial charge in [0.15, 0.2) is 18.1 Å². The Bertz CT molecular complexity index is 556. The molecule has 0 aromatic heterocycles. The molecule has 0 heterocycles. The molecule has 0 bridgehead atoms. The molecule has 6 heteroatoms. The maximum Gasteiger partial charge on any atom is 0.276 e. The molecule has 1 aromatic carbocycles. The third kappa shape index (κ3) is 7.03. The lowest BCUT2D eigenvalue weighted by atomic mass is 9.86. The minimum atomic E-state index is -0.405. The molecule has 0 atom stereocenters. The Kier molecular flexibility index (Phi) is 8.09. The number of hydrogen-bond donors (Lipinski definition) is 2. The first kappa shape index (κ1) is 19.1. The molecular formula is C19H28N2O4. The van der Waals surface area contributed by atoms with E-state index in [1.807, 2.05) is 19.1 Å². The Labute approximate surface area is 149 Å². The molecule has 2 N–H and O–H groups in total. The van der Waals surface area contributed by atoms with Gasteiger partial charge >= 0.3 is 0 Å². The summed E-state index contributed by atoms with van der Waals surface area (Å²) >= 11 is 0. The predicted octanol–water partition coefficient (Wildman–Crippen LogP) is 2.97. The monoisotopic (exact) mass is 348 g/mol. The Hall–Kier alpha value is -2.24. The molecule has 0 spiro atoms. The molecule has 0 aliphatic heterocycles. The van der Waals surface area contributed by atoms with Crippen molar-refractivity contribution in [3.8, 4) is 11.5 Å². The second-order valence-electron chi connectivity index (χ2n) is 6.31. The van der Waals surface area contributed by atoms with Crippen molar-refractivity contribution in [2.75, 3.05) is 13.2 Å². The van der Waals surface area contributed by atoms with Crippen LogP contribution in [0, 0.1) is 5.92 Å². The SMILES string of the molecule is CCOc1ccccc1OCC(=O)NNC(=O)CCC1CCCCC1. The summed E-state index contributed by atoms with van der Waals surface area (Å²) in [6.07, 6.45) is 7.61. The first-order chi connectivity index (χ1) is 12.2. The summed E-state index contributed by atoms with van der Waals surface area (Å²) in [5.41, 5.74) is 4.84. The number of hydrazine groups is 1. The minimum Gasteiger partial charge on any atom is -0.490 e. The van der Waals surface area contributed by atoms with Crippen LogP contribution in [0.4, 0.5) is 0 Å². The van der Waals surface area contributed by atoms with Crippen LogP contribution in [0.5, 0.6) is 11.5 Å². The van der Waals surface area contributed by atoms with Gasteiger partial charge in [-0.05, 0) is 31.4 Å². The Balaban J connectivity index is 1.64. The summed E-state index contributed by atoms with van der Waals surface area (Å²) in [7, 11) is 0. The van der Waals surface area contributed by atoms with Gasteiger partial charge in [-0.25, -0.2) is 0 Å². The van der Waals surface area contributed by atoms with Crippen molar-refractivity contribution in [1.29, 1.82) is 0 Å². The number of nitrogens with one attached hydrogen (secondary N) is 2. The Morgan fingerprint density at radius 2 is 1.64 bits per heavy atom. The van der Waals surface area contributed by atoms with Crippen molar-refractivity contribution in [1.82, 2.24) is 10.9 Å². The van der Waals surface area contributed by atoms with E-state index in [0.29, 0.717) is 30.4 Å². The lowest BCUT2D eigenvalue weighted by Crippen LogP contribution is -2.43. The summed E-state index contributed by atoms with van der Waals surface area (Å²) in [5.74, 6) is 1.18. The van der Waals surface area contributed by atoms with E-state index in [1.165, 1.54) is 32.1 Å². The van der Waals surface area contributed by atoms with Gasteiger partial charge in [-0.1, -0.05) is 44.2 Å². The van der Waals surface area contributed by atoms with Crippen LogP contribution in [0.1, 0.15) is 51.9 Å². The minimum absolute atomic E-state index is 0.159. The maximum absolute atomic E-state index is 11.8. The van der Waals surface area contributed by atoms with Crippen LogP contribution < -0.4 is 20.3 Å². The summed E-state index contributed by atoms with van der Waals surface area (Å²) in [6.45, 7) is 2.21. The van der Waals surface area contributed by atoms with Crippen LogP contribution in [0.3, 0.4) is 0 Å². The fourth-order valence-electron chi connectivity index (χ4n) is 3.04. The topological polar surface area (TPSA) is 76.7 Å². The maximum atomic E-state index is 11.8. The first-order valence-corrected chi connectivity index (χ1v) is 9.11. The molecule has 1 aromatic rings. The van der Waals surface area contributed by atoms with Crippen LogP contribution in [-0.2, 0) is 9.59 Å². The molecule has 1 saturated carbocycles. The normalized spacial score (nSPS) is 14.6. The third-order valence-corrected chi connectivity index (χ3v) is 4.35. The molecule has 0 unspecified atom stereocenters. The lowest BCUT2D eigenvalue weighted by molar-refractivity contribution is -0.130. The first-order valence-electron chi connectivity index (χ1n) is 9.11. The smallest absolute Gasteiger partial charge is 0.276 e. The average Bonchev–Trinajstić information content (AvgIpc) is 2.65. The lowest BCUT2D eigenvalue weighted by Gasteiger charge is -2.21. The van der Waals surface area contributed by atoms with E-state index in [9.17, 15) is 9.59 Å². The predicted molar refractivity (Wildman–Crippen MR) is 95.2 cm³/mol. The van der Waals surface area contributed by atoms with Crippen molar-refractivity contribution in [3.63, 3.8) is 0 Å². The fraction of sp³-hybridized carbons (Fsp3) is 0.579. The zero-order valence-electron chi connectivity index (χ0n) is 14.9. The van der Waals surface area contributed by atoms with Crippen LogP contribution in [-0.4, -0.2) is 25.0 Å². The van der Waals surface area contributed by atoms with Gasteiger partial charge < -0.3 is 9.47 Å². The molecule has 1 aliphatic carbocycles. The van der Waals surface area contributed by atoms with Gasteiger partial charge in [0.25, 0.3) is 5.91 Å². The summed E-state index contributed by atoms with van der Waals surface area (Å²) in [4.78, 5) is 23.6. The number of hydrogen-bond acceptors (Lipinski definition) is 4. The molecule has 25 heavy (non-hydrogen) atoms. The molecule has 1 aliphatic rings. The quantitative estimate of drug-likeness (QED) is 0.708. The van der Waals surface area contributed by atoms with Crippen LogP contribution in [0.2, 0.25) is 0 Å². The van der Waals surface area contributed by atoms with Gasteiger partial charge in [0, 0.05) is 6.42 Å². The van der Waals surface area contributed by atoms with Crippen molar-refractivity contribution in [2.45, 2.75) is 51.9 Å². The van der Waals surface area contributed by atoms with Gasteiger partial charge in [-0.2, -0.15) is 0 Å². The van der Waals surface area contributed by atoms with Crippen LogP contribution >= 0.6 is 0 Å². The van der Waals surface area contributed by atoms with E-state index < -0.39 is 5.91 Å². The molecule has 0 saturated heterocycles. The summed E-state index contributed by atoms with van der Waals surface area (Å²) < 4.78 is 10.9. The number of carbonyl (C=O) groups excluding carboxylic acids is 2. The van der Waals surface area contributed by atoms with E-state index in [-0.39, 0.29) is 12.5 Å². The number of rotatable bonds is 8. The molecule has 2 rings (SSSR count). The Morgan fingerprint density at radius 1 is 1.00 bits per heavy atom. The highest BCUT2D eigenvalue weighted by atomic mass is 16.5. The molecular weight excluding hydrogens is 320 g/mol. The van der Waals surface area contributed by atoms with E-state index in [0.717, 1.165) is 6.42 Å². The van der Waals surface area contributed by atoms with Gasteiger partial charge in [-0.3, -0.25) is 20.4 Å². The zero-order chi connectivity index (χ0) is 17.9. The highest BCUT2D eigenvalue weighted by Gasteiger charge is 2.15. The molecule has 138 valence electrons. The van der Waals surface area contributed by atoms with E-state index in [2.05, 4.69) is 10.9 Å². The largest absolute Gasteiger partial charge is 0.490 e. The second kappa shape index (κ2) is 10.6. The number of amides is 2. The van der Waals surface area contributed by atoms with E-state index >= 15 is 0 Å². The number of para-hydroxylation sites is 2. The van der Waals surface area contributed by atoms with Gasteiger partial charge in [-0.15, -0.1) is 0 Å². The zero-order valence-corrected chi connectivity index (χ0v) is 14.9. The number of benzene rings is 1. The van der Waals surface area contributed by atoms with Gasteiger partial charge in [0.2, 0.25) is 5.91 Å². The Morgan fingerprint density at radius 3 is 2.32 bits per heavy atom. The van der Waals surface area contributed by atoms with Crippen LogP contribution in [0.25, 0.3) is 0 Å². The highest BCUT2D eigenvalue weighted by molar-refractivity contribution is 5.82. The number of carbonyl (C=O) groups is 2. The van der Waals surface area contributed by atoms with Crippen molar-refractivity contribution in [2.24, 2.45) is 5.92 Å². The van der Waals surface area contributed by atoms with Crippen molar-refractivity contribution in [3.05, 3.63) is 24.3 Å². The fourth-order valence-corrected chi connectivity index (χ4v) is 3.04. The van der Waals surface area contributed by atoms with Gasteiger partial charge in [0.05, 0.1) is 6.61 Å². The van der Waals surface area contributed by atoms with Crippen LogP contribution in [0.15, 0.2) is 24.3 Å². The third-order valence-electron chi connectivity index (χ3n) is 4.35. The standard InChI is InChI=1S/C19H28N2O4/c1-2-24-16-10-6-7-11-17(16)25-14-19(23)21-20-18(22)13-12-15-8-4-3-5-9-15/h6-7,10-11,15H,2-5,8-9,12-14H2,1H3,(H,20,22)(H,21,23). The van der Waals surface area contributed by atoms with Crippen molar-refractivity contribution >= 4 is 11.8 Å². The van der Waals surface area contributed by atoms with E-state index in [1.54, 1.807) is 12.1 Å². The van der Waals surface area contributed by atoms with Gasteiger partial charge in [0.1, 0.15) is 0 Å².